The first-order valence-corrected chi connectivity index (χ1v) is 4.58. The lowest BCUT2D eigenvalue weighted by Gasteiger charge is -2.34. The summed E-state index contributed by atoms with van der Waals surface area (Å²) in [7, 11) is 0. The maximum Gasteiger partial charge on any atom is 0.389 e. The molecule has 3 heteroatoms. The van der Waals surface area contributed by atoms with Crippen molar-refractivity contribution in [3.63, 3.8) is 0 Å². The van der Waals surface area contributed by atoms with Gasteiger partial charge in [0.25, 0.3) is 0 Å². The van der Waals surface area contributed by atoms with E-state index in [4.69, 9.17) is 0 Å². The van der Waals surface area contributed by atoms with Crippen molar-refractivity contribution in [2.24, 2.45) is 11.8 Å². The predicted octanol–water partition coefficient (Wildman–Crippen LogP) is 3.77. The molecule has 0 spiro atoms. The Morgan fingerprint density at radius 1 is 1.17 bits per heavy atom. The van der Waals surface area contributed by atoms with Gasteiger partial charge in [-0.15, -0.1) is 0 Å². The van der Waals surface area contributed by atoms with E-state index in [1.807, 2.05) is 0 Å². The summed E-state index contributed by atoms with van der Waals surface area (Å²) in [5, 5.41) is 0. The SMILES string of the molecule is CCC1CC(CCC(F)(F)F)C1. The molecular weight excluding hydrogens is 165 g/mol. The molecule has 0 aromatic carbocycles. The molecule has 0 N–H and O–H groups in total. The summed E-state index contributed by atoms with van der Waals surface area (Å²) in [6, 6.07) is 0. The van der Waals surface area contributed by atoms with Crippen LogP contribution in [0.15, 0.2) is 0 Å². The van der Waals surface area contributed by atoms with Crippen LogP contribution in [0, 0.1) is 11.8 Å². The van der Waals surface area contributed by atoms with Gasteiger partial charge in [0.05, 0.1) is 0 Å². The summed E-state index contributed by atoms with van der Waals surface area (Å²) in [5.74, 6) is 1.07. The molecule has 1 aliphatic carbocycles. The molecule has 0 aromatic heterocycles. The van der Waals surface area contributed by atoms with Crippen LogP contribution in [-0.2, 0) is 0 Å². The second-order valence-electron chi connectivity index (χ2n) is 3.77. The Morgan fingerprint density at radius 3 is 2.17 bits per heavy atom. The van der Waals surface area contributed by atoms with Crippen LogP contribution in [0.2, 0.25) is 0 Å². The van der Waals surface area contributed by atoms with E-state index in [-0.39, 0.29) is 0 Å². The maximum absolute atomic E-state index is 11.8. The minimum Gasteiger partial charge on any atom is -0.171 e. The van der Waals surface area contributed by atoms with Crippen LogP contribution in [0.25, 0.3) is 0 Å². The van der Waals surface area contributed by atoms with Crippen molar-refractivity contribution in [3.05, 3.63) is 0 Å². The van der Waals surface area contributed by atoms with Crippen molar-refractivity contribution in [3.8, 4) is 0 Å². The zero-order valence-corrected chi connectivity index (χ0v) is 7.32. The molecule has 12 heavy (non-hydrogen) atoms. The molecule has 0 nitrogen and oxygen atoms in total. The molecule has 0 aliphatic heterocycles. The largest absolute Gasteiger partial charge is 0.389 e. The average Bonchev–Trinajstić information content (AvgIpc) is 1.82. The van der Waals surface area contributed by atoms with E-state index >= 15 is 0 Å². The highest BCUT2D eigenvalue weighted by Crippen LogP contribution is 2.40. The van der Waals surface area contributed by atoms with Crippen molar-refractivity contribution in [1.29, 1.82) is 0 Å². The topological polar surface area (TPSA) is 0 Å². The lowest BCUT2D eigenvalue weighted by atomic mass is 9.71. The fraction of sp³-hybridized carbons (Fsp3) is 1.00. The molecule has 0 saturated heterocycles. The molecule has 0 unspecified atom stereocenters. The van der Waals surface area contributed by atoms with Crippen LogP contribution in [0.3, 0.4) is 0 Å². The Bertz CT molecular complexity index is 133. The molecule has 0 aromatic rings. The summed E-state index contributed by atoms with van der Waals surface area (Å²) in [5.41, 5.74) is 0. The first kappa shape index (κ1) is 9.87. The fourth-order valence-corrected chi connectivity index (χ4v) is 1.81. The van der Waals surface area contributed by atoms with E-state index < -0.39 is 12.6 Å². The Kier molecular flexibility index (Phi) is 3.02. The van der Waals surface area contributed by atoms with Crippen molar-refractivity contribution in [2.75, 3.05) is 0 Å². The molecule has 1 rings (SSSR count). The van der Waals surface area contributed by atoms with Gasteiger partial charge in [0.15, 0.2) is 0 Å². The summed E-state index contributed by atoms with van der Waals surface area (Å²) >= 11 is 0. The average molecular weight is 180 g/mol. The van der Waals surface area contributed by atoms with Gasteiger partial charge in [0.2, 0.25) is 0 Å². The van der Waals surface area contributed by atoms with E-state index in [0.29, 0.717) is 18.3 Å². The molecule has 1 aliphatic rings. The van der Waals surface area contributed by atoms with E-state index in [1.54, 1.807) is 0 Å². The zero-order chi connectivity index (χ0) is 9.19. The summed E-state index contributed by atoms with van der Waals surface area (Å²) < 4.78 is 35.3. The van der Waals surface area contributed by atoms with E-state index in [9.17, 15) is 13.2 Å². The number of hydrogen-bond donors (Lipinski definition) is 0. The summed E-state index contributed by atoms with van der Waals surface area (Å²) in [6.07, 6.45) is -1.02. The highest BCUT2D eigenvalue weighted by atomic mass is 19.4. The van der Waals surface area contributed by atoms with Crippen LogP contribution >= 0.6 is 0 Å². The number of alkyl halides is 3. The number of halogens is 3. The first-order valence-electron chi connectivity index (χ1n) is 4.58. The van der Waals surface area contributed by atoms with Gasteiger partial charge in [-0.25, -0.2) is 0 Å². The summed E-state index contributed by atoms with van der Waals surface area (Å²) in [4.78, 5) is 0. The third-order valence-electron chi connectivity index (χ3n) is 2.75. The van der Waals surface area contributed by atoms with Crippen LogP contribution in [0.4, 0.5) is 13.2 Å². The number of rotatable bonds is 3. The molecule has 0 heterocycles. The van der Waals surface area contributed by atoms with Crippen LogP contribution in [-0.4, -0.2) is 6.18 Å². The monoisotopic (exact) mass is 180 g/mol. The van der Waals surface area contributed by atoms with Crippen molar-refractivity contribution >= 4 is 0 Å². The Morgan fingerprint density at radius 2 is 1.75 bits per heavy atom. The van der Waals surface area contributed by atoms with Gasteiger partial charge >= 0.3 is 6.18 Å². The van der Waals surface area contributed by atoms with Gasteiger partial charge in [-0.2, -0.15) is 13.2 Å². The third kappa shape index (κ3) is 3.03. The van der Waals surface area contributed by atoms with Gasteiger partial charge in [-0.1, -0.05) is 13.3 Å². The quantitative estimate of drug-likeness (QED) is 0.620. The maximum atomic E-state index is 11.8. The molecule has 72 valence electrons. The van der Waals surface area contributed by atoms with Crippen molar-refractivity contribution in [2.45, 2.75) is 45.2 Å². The Hall–Kier alpha value is -0.210. The summed E-state index contributed by atoms with van der Waals surface area (Å²) in [6.45, 7) is 2.10. The van der Waals surface area contributed by atoms with Gasteiger partial charge in [-0.05, 0) is 31.1 Å². The van der Waals surface area contributed by atoms with E-state index in [1.165, 1.54) is 0 Å². The number of hydrogen-bond acceptors (Lipinski definition) is 0. The minimum atomic E-state index is -3.95. The highest BCUT2D eigenvalue weighted by Gasteiger charge is 2.33. The standard InChI is InChI=1S/C9H15F3/c1-2-7-5-8(6-7)3-4-9(10,11)12/h7-8H,2-6H2,1H3. The lowest BCUT2D eigenvalue weighted by molar-refractivity contribution is -0.139. The van der Waals surface area contributed by atoms with Gasteiger partial charge in [-0.3, -0.25) is 0 Å². The second kappa shape index (κ2) is 3.67. The van der Waals surface area contributed by atoms with Gasteiger partial charge in [0.1, 0.15) is 0 Å². The van der Waals surface area contributed by atoms with E-state index in [2.05, 4.69) is 6.92 Å². The van der Waals surface area contributed by atoms with E-state index in [0.717, 1.165) is 19.3 Å². The minimum absolute atomic E-state index is 0.347. The molecule has 0 atom stereocenters. The highest BCUT2D eigenvalue weighted by molar-refractivity contribution is 4.78. The first-order chi connectivity index (χ1) is 5.51. The van der Waals surface area contributed by atoms with Gasteiger partial charge in [0, 0.05) is 6.42 Å². The zero-order valence-electron chi connectivity index (χ0n) is 7.32. The van der Waals surface area contributed by atoms with Crippen molar-refractivity contribution < 1.29 is 13.2 Å². The molecule has 1 saturated carbocycles. The Labute approximate surface area is 71.1 Å². The normalized spacial score (nSPS) is 30.0. The smallest absolute Gasteiger partial charge is 0.171 e. The molecule has 1 fully saturated rings. The predicted molar refractivity (Wildman–Crippen MR) is 41.8 cm³/mol. The van der Waals surface area contributed by atoms with Gasteiger partial charge < -0.3 is 0 Å². The van der Waals surface area contributed by atoms with Crippen LogP contribution in [0.5, 0.6) is 0 Å². The molecule has 0 radical (unpaired) electrons. The molecular formula is C9H15F3. The second-order valence-corrected chi connectivity index (χ2v) is 3.77. The molecule has 0 bridgehead atoms. The van der Waals surface area contributed by atoms with Crippen LogP contribution < -0.4 is 0 Å². The Balaban J connectivity index is 2.04. The van der Waals surface area contributed by atoms with Crippen molar-refractivity contribution in [1.82, 2.24) is 0 Å². The molecule has 0 amide bonds. The lowest BCUT2D eigenvalue weighted by Crippen LogP contribution is -2.24. The third-order valence-corrected chi connectivity index (χ3v) is 2.75. The van der Waals surface area contributed by atoms with Crippen LogP contribution in [0.1, 0.15) is 39.0 Å². The fourth-order valence-electron chi connectivity index (χ4n) is 1.81.